The van der Waals surface area contributed by atoms with Gasteiger partial charge in [0.15, 0.2) is 0 Å². The minimum absolute atomic E-state index is 0.00269. The number of aryl methyl sites for hydroxylation is 1. The van der Waals surface area contributed by atoms with Crippen molar-refractivity contribution in [1.29, 1.82) is 0 Å². The molecular formula is C11H14Cl2NO5P. The highest BCUT2D eigenvalue weighted by atomic mass is 35.5. The molecule has 20 heavy (non-hydrogen) atoms. The van der Waals surface area contributed by atoms with Crippen molar-refractivity contribution in [1.82, 2.24) is 0 Å². The van der Waals surface area contributed by atoms with Gasteiger partial charge >= 0.3 is 13.6 Å². The summed E-state index contributed by atoms with van der Waals surface area (Å²) in [6.45, 7) is 0. The second-order valence-electron chi connectivity index (χ2n) is 4.32. The average molecular weight is 342 g/mol. The molecule has 0 bridgehead atoms. The summed E-state index contributed by atoms with van der Waals surface area (Å²) < 4.78 is 10.9. The zero-order valence-corrected chi connectivity index (χ0v) is 12.7. The van der Waals surface area contributed by atoms with Crippen LogP contribution in [0, 0.1) is 0 Å². The Morgan fingerprint density at radius 1 is 1.25 bits per heavy atom. The Balaban J connectivity index is 3.04. The quantitative estimate of drug-likeness (QED) is 0.584. The summed E-state index contributed by atoms with van der Waals surface area (Å²) in [4.78, 5) is 28.6. The molecule has 1 unspecified atom stereocenters. The van der Waals surface area contributed by atoms with Gasteiger partial charge in [0.05, 0.1) is 16.2 Å². The van der Waals surface area contributed by atoms with Gasteiger partial charge in [0, 0.05) is 0 Å². The van der Waals surface area contributed by atoms with E-state index in [1.54, 1.807) is 0 Å². The second kappa shape index (κ2) is 6.89. The Morgan fingerprint density at radius 3 is 2.20 bits per heavy atom. The lowest BCUT2D eigenvalue weighted by Crippen LogP contribution is -2.32. The third-order valence-corrected chi connectivity index (χ3v) is 4.20. The smallest absolute Gasteiger partial charge is 0.325 e. The first-order chi connectivity index (χ1) is 9.10. The number of hydrogen-bond acceptors (Lipinski definition) is 3. The Hall–Kier alpha value is -0.620. The molecule has 0 aliphatic carbocycles. The number of aliphatic carboxylic acids is 1. The van der Waals surface area contributed by atoms with Crippen molar-refractivity contribution in [3.05, 3.63) is 33.3 Å². The van der Waals surface area contributed by atoms with Gasteiger partial charge in [-0.2, -0.15) is 0 Å². The summed E-state index contributed by atoms with van der Waals surface area (Å²) in [7, 11) is -4.15. The van der Waals surface area contributed by atoms with Crippen LogP contribution >= 0.6 is 30.8 Å². The second-order valence-corrected chi connectivity index (χ2v) is 6.91. The van der Waals surface area contributed by atoms with Crippen LogP contribution in [-0.4, -0.2) is 33.1 Å². The first kappa shape index (κ1) is 17.4. The van der Waals surface area contributed by atoms with Crippen LogP contribution in [0.1, 0.15) is 11.1 Å². The molecule has 0 radical (unpaired) electrons. The van der Waals surface area contributed by atoms with E-state index in [-0.39, 0.29) is 29.0 Å². The van der Waals surface area contributed by atoms with E-state index in [2.05, 4.69) is 0 Å². The summed E-state index contributed by atoms with van der Waals surface area (Å²) >= 11 is 11.7. The van der Waals surface area contributed by atoms with Crippen molar-refractivity contribution in [2.24, 2.45) is 5.73 Å². The van der Waals surface area contributed by atoms with Crippen LogP contribution in [0.3, 0.4) is 0 Å². The zero-order valence-electron chi connectivity index (χ0n) is 10.3. The number of hydrogen-bond donors (Lipinski definition) is 4. The van der Waals surface area contributed by atoms with Crippen molar-refractivity contribution in [3.8, 4) is 0 Å². The maximum Gasteiger partial charge on any atom is 0.325 e. The van der Waals surface area contributed by atoms with E-state index in [0.717, 1.165) is 0 Å². The van der Waals surface area contributed by atoms with Crippen LogP contribution in [0.5, 0.6) is 0 Å². The van der Waals surface area contributed by atoms with Gasteiger partial charge in [0.25, 0.3) is 0 Å². The van der Waals surface area contributed by atoms with Crippen molar-refractivity contribution in [2.45, 2.75) is 18.9 Å². The largest absolute Gasteiger partial charge is 0.480 e. The lowest BCUT2D eigenvalue weighted by molar-refractivity contribution is -0.138. The van der Waals surface area contributed by atoms with E-state index < -0.39 is 19.6 Å². The van der Waals surface area contributed by atoms with Gasteiger partial charge in [-0.25, -0.2) is 0 Å². The maximum atomic E-state index is 10.9. The highest BCUT2D eigenvalue weighted by Crippen LogP contribution is 2.36. The van der Waals surface area contributed by atoms with E-state index in [1.807, 2.05) is 0 Å². The molecule has 0 aliphatic rings. The van der Waals surface area contributed by atoms with Crippen LogP contribution in [0.4, 0.5) is 0 Å². The summed E-state index contributed by atoms with van der Waals surface area (Å²) in [5.74, 6) is -1.17. The number of halogens is 2. The van der Waals surface area contributed by atoms with Gasteiger partial charge in [-0.05, 0) is 36.1 Å². The molecular weight excluding hydrogens is 328 g/mol. The predicted octanol–water partition coefficient (Wildman–Crippen LogP) is 1.67. The predicted molar refractivity (Wildman–Crippen MR) is 76.4 cm³/mol. The van der Waals surface area contributed by atoms with Crippen molar-refractivity contribution in [2.75, 3.05) is 6.16 Å². The van der Waals surface area contributed by atoms with Crippen LogP contribution < -0.4 is 5.73 Å². The number of carbonyl (C=O) groups is 1. The molecule has 0 heterocycles. The lowest BCUT2D eigenvalue weighted by Gasteiger charge is -2.14. The number of benzene rings is 1. The molecule has 0 aliphatic heterocycles. The van der Waals surface area contributed by atoms with E-state index in [9.17, 15) is 9.36 Å². The van der Waals surface area contributed by atoms with Crippen LogP contribution in [0.25, 0.3) is 0 Å². The third-order valence-electron chi connectivity index (χ3n) is 2.67. The fourth-order valence-electron chi connectivity index (χ4n) is 1.64. The normalized spacial score (nSPS) is 13.2. The molecule has 1 aromatic rings. The molecule has 0 spiro atoms. The van der Waals surface area contributed by atoms with E-state index in [0.29, 0.717) is 11.1 Å². The van der Waals surface area contributed by atoms with Gasteiger partial charge in [-0.1, -0.05) is 23.2 Å². The average Bonchev–Trinajstić information content (AvgIpc) is 2.30. The standard InChI is InChI=1S/C11H14Cl2NO5P/c12-8-3-6(1-2-20(17,18)19)7(4-9(8)13)5-10(14)11(15)16/h3-4,10H,1-2,5,14H2,(H,15,16)(H2,17,18,19). The highest BCUT2D eigenvalue weighted by molar-refractivity contribution is 7.51. The Kier molecular flexibility index (Phi) is 6.01. The van der Waals surface area contributed by atoms with Crippen LogP contribution in [-0.2, 0) is 22.2 Å². The fraction of sp³-hybridized carbons (Fsp3) is 0.364. The van der Waals surface area contributed by atoms with Crippen molar-refractivity contribution in [3.63, 3.8) is 0 Å². The minimum atomic E-state index is -4.15. The molecule has 1 rings (SSSR count). The molecule has 0 saturated carbocycles. The summed E-state index contributed by atoms with van der Waals surface area (Å²) in [5.41, 5.74) is 6.50. The Morgan fingerprint density at radius 2 is 1.75 bits per heavy atom. The molecule has 9 heteroatoms. The van der Waals surface area contributed by atoms with Gasteiger partial charge in [0.1, 0.15) is 6.04 Å². The zero-order chi connectivity index (χ0) is 15.5. The molecule has 0 fully saturated rings. The molecule has 1 aromatic carbocycles. The van der Waals surface area contributed by atoms with E-state index in [1.165, 1.54) is 12.1 Å². The SMILES string of the molecule is NC(Cc1cc(Cl)c(Cl)cc1CCP(=O)(O)O)C(=O)O. The molecule has 6 nitrogen and oxygen atoms in total. The third kappa shape index (κ3) is 5.40. The summed E-state index contributed by atoms with van der Waals surface area (Å²) in [6, 6.07) is 1.83. The monoisotopic (exact) mass is 341 g/mol. The molecule has 0 aromatic heterocycles. The number of carboxylic acid groups (broad SMARTS) is 1. The van der Waals surface area contributed by atoms with Gasteiger partial charge in [-0.3, -0.25) is 9.36 Å². The molecule has 1 atom stereocenters. The minimum Gasteiger partial charge on any atom is -0.480 e. The van der Waals surface area contributed by atoms with Crippen molar-refractivity contribution >= 4 is 36.8 Å². The van der Waals surface area contributed by atoms with Gasteiger partial charge in [0.2, 0.25) is 0 Å². The number of nitrogens with two attached hydrogens (primary N) is 1. The molecule has 0 saturated heterocycles. The lowest BCUT2D eigenvalue weighted by atomic mass is 9.99. The van der Waals surface area contributed by atoms with Crippen LogP contribution in [0.2, 0.25) is 10.0 Å². The number of rotatable bonds is 6. The van der Waals surface area contributed by atoms with Gasteiger partial charge < -0.3 is 20.6 Å². The summed E-state index contributed by atoms with van der Waals surface area (Å²) in [5, 5.41) is 9.28. The topological polar surface area (TPSA) is 121 Å². The molecule has 5 N–H and O–H groups in total. The first-order valence-corrected chi connectivity index (χ1v) is 8.15. The number of carboxylic acids is 1. The summed E-state index contributed by atoms with van der Waals surface area (Å²) in [6.07, 6.45) is -0.300. The Bertz CT molecular complexity index is 560. The first-order valence-electron chi connectivity index (χ1n) is 5.60. The fourth-order valence-corrected chi connectivity index (χ4v) is 2.55. The Labute approximate surface area is 125 Å². The van der Waals surface area contributed by atoms with E-state index in [4.69, 9.17) is 43.8 Å². The van der Waals surface area contributed by atoms with E-state index >= 15 is 0 Å². The highest BCUT2D eigenvalue weighted by Gasteiger charge is 2.19. The molecule has 0 amide bonds. The molecule has 112 valence electrons. The van der Waals surface area contributed by atoms with Crippen LogP contribution in [0.15, 0.2) is 12.1 Å². The maximum absolute atomic E-state index is 10.9. The van der Waals surface area contributed by atoms with Crippen molar-refractivity contribution < 1.29 is 24.3 Å². The van der Waals surface area contributed by atoms with Gasteiger partial charge in [-0.15, -0.1) is 0 Å².